The third-order valence-corrected chi connectivity index (χ3v) is 3.94. The smallest absolute Gasteiger partial charge is 0.0408 e. The maximum Gasteiger partial charge on any atom is 0.0408 e. The van der Waals surface area contributed by atoms with Crippen molar-refractivity contribution < 1.29 is 0 Å². The van der Waals surface area contributed by atoms with E-state index in [0.29, 0.717) is 6.04 Å². The Kier molecular flexibility index (Phi) is 5.44. The van der Waals surface area contributed by atoms with E-state index in [1.807, 2.05) is 25.2 Å². The molecule has 1 atom stereocenters. The van der Waals surface area contributed by atoms with Gasteiger partial charge in [0.15, 0.2) is 0 Å². The Balaban J connectivity index is 2.02. The lowest BCUT2D eigenvalue weighted by atomic mass is 9.99. The first kappa shape index (κ1) is 14.6. The highest BCUT2D eigenvalue weighted by Crippen LogP contribution is 2.15. The number of hydrogen-bond donors (Lipinski definition) is 1. The second-order valence-corrected chi connectivity index (χ2v) is 6.00. The van der Waals surface area contributed by atoms with Gasteiger partial charge in [-0.2, -0.15) is 0 Å². The van der Waals surface area contributed by atoms with Crippen LogP contribution in [0.1, 0.15) is 11.1 Å². The Labute approximate surface area is 128 Å². The average Bonchev–Trinajstić information content (AvgIpc) is 2.40. The van der Waals surface area contributed by atoms with E-state index in [1.54, 1.807) is 0 Å². The summed E-state index contributed by atoms with van der Waals surface area (Å²) in [5.41, 5.74) is 2.61. The Morgan fingerprint density at radius 3 is 2.37 bits per heavy atom. The van der Waals surface area contributed by atoms with Gasteiger partial charge in [-0.25, -0.2) is 0 Å². The summed E-state index contributed by atoms with van der Waals surface area (Å²) in [6.07, 6.45) is 1.99. The highest BCUT2D eigenvalue weighted by Gasteiger charge is 2.08. The lowest BCUT2D eigenvalue weighted by Gasteiger charge is -2.16. The van der Waals surface area contributed by atoms with Crippen LogP contribution in [0.25, 0.3) is 0 Å². The number of nitrogens with one attached hydrogen (secondary N) is 1. The summed E-state index contributed by atoms with van der Waals surface area (Å²) in [6.45, 7) is 0. The first-order valence-electron chi connectivity index (χ1n) is 6.33. The van der Waals surface area contributed by atoms with Gasteiger partial charge in [0.25, 0.3) is 0 Å². The molecule has 0 aliphatic carbocycles. The molecule has 1 unspecified atom stereocenters. The molecule has 0 amide bonds. The van der Waals surface area contributed by atoms with Crippen LogP contribution in [0, 0.1) is 0 Å². The molecule has 0 saturated carbocycles. The third kappa shape index (κ3) is 4.64. The number of rotatable bonds is 5. The van der Waals surface area contributed by atoms with E-state index in [4.69, 9.17) is 11.6 Å². The predicted octanol–water partition coefficient (Wildman–Crippen LogP) is 4.48. The van der Waals surface area contributed by atoms with Gasteiger partial charge in [0, 0.05) is 15.5 Å². The van der Waals surface area contributed by atoms with E-state index < -0.39 is 0 Å². The van der Waals surface area contributed by atoms with Crippen molar-refractivity contribution in [2.24, 2.45) is 0 Å². The molecule has 2 aromatic rings. The standard InChI is InChI=1S/C16H17BrClN/c1-19-16(10-12-5-7-14(17)8-6-12)11-13-3-2-4-15(18)9-13/h2-9,16,19H,10-11H2,1H3. The normalized spacial score (nSPS) is 12.4. The minimum Gasteiger partial charge on any atom is -0.316 e. The SMILES string of the molecule is CNC(Cc1ccc(Br)cc1)Cc1cccc(Cl)c1. The van der Waals surface area contributed by atoms with Gasteiger partial charge in [-0.1, -0.05) is 51.8 Å². The zero-order valence-corrected chi connectivity index (χ0v) is 13.2. The van der Waals surface area contributed by atoms with Gasteiger partial charge in [-0.15, -0.1) is 0 Å². The van der Waals surface area contributed by atoms with Crippen molar-refractivity contribution in [1.29, 1.82) is 0 Å². The van der Waals surface area contributed by atoms with Crippen LogP contribution in [0.5, 0.6) is 0 Å². The number of likely N-dealkylation sites (N-methyl/N-ethyl adjacent to an activating group) is 1. The summed E-state index contributed by atoms with van der Waals surface area (Å²) in [5, 5.41) is 4.18. The fourth-order valence-corrected chi connectivity index (χ4v) is 2.61. The molecule has 2 aromatic carbocycles. The van der Waals surface area contributed by atoms with E-state index in [1.165, 1.54) is 11.1 Å². The molecular formula is C16H17BrClN. The van der Waals surface area contributed by atoms with Crippen molar-refractivity contribution in [2.45, 2.75) is 18.9 Å². The molecule has 0 radical (unpaired) electrons. The van der Waals surface area contributed by atoms with Crippen LogP contribution in [0.15, 0.2) is 53.0 Å². The lowest BCUT2D eigenvalue weighted by Crippen LogP contribution is -2.29. The Hall–Kier alpha value is -0.830. The largest absolute Gasteiger partial charge is 0.316 e. The van der Waals surface area contributed by atoms with Crippen LogP contribution in [0.2, 0.25) is 5.02 Å². The molecule has 100 valence electrons. The quantitative estimate of drug-likeness (QED) is 0.848. The average molecular weight is 339 g/mol. The van der Waals surface area contributed by atoms with Crippen LogP contribution in [-0.4, -0.2) is 13.1 Å². The predicted molar refractivity (Wildman–Crippen MR) is 85.8 cm³/mol. The molecule has 0 fully saturated rings. The second kappa shape index (κ2) is 7.09. The van der Waals surface area contributed by atoms with Crippen LogP contribution in [-0.2, 0) is 12.8 Å². The Morgan fingerprint density at radius 1 is 1.05 bits per heavy atom. The molecule has 3 heteroatoms. The molecule has 0 heterocycles. The zero-order valence-electron chi connectivity index (χ0n) is 10.9. The van der Waals surface area contributed by atoms with E-state index in [0.717, 1.165) is 22.3 Å². The summed E-state index contributed by atoms with van der Waals surface area (Å²) < 4.78 is 1.12. The number of halogens is 2. The Morgan fingerprint density at radius 2 is 1.74 bits per heavy atom. The molecule has 19 heavy (non-hydrogen) atoms. The first-order chi connectivity index (χ1) is 9.17. The summed E-state index contributed by atoms with van der Waals surface area (Å²) in [5.74, 6) is 0. The van der Waals surface area contributed by atoms with Gasteiger partial charge in [0.2, 0.25) is 0 Å². The van der Waals surface area contributed by atoms with Crippen molar-refractivity contribution in [3.63, 3.8) is 0 Å². The first-order valence-corrected chi connectivity index (χ1v) is 7.50. The summed E-state index contributed by atoms with van der Waals surface area (Å²) in [6, 6.07) is 17.0. The maximum absolute atomic E-state index is 6.02. The van der Waals surface area contributed by atoms with Gasteiger partial charge in [-0.3, -0.25) is 0 Å². The Bertz CT molecular complexity index is 525. The molecule has 0 spiro atoms. The van der Waals surface area contributed by atoms with E-state index >= 15 is 0 Å². The fraction of sp³-hybridized carbons (Fsp3) is 0.250. The molecule has 0 saturated heterocycles. The van der Waals surface area contributed by atoms with E-state index in [-0.39, 0.29) is 0 Å². The minimum absolute atomic E-state index is 0.416. The highest BCUT2D eigenvalue weighted by atomic mass is 79.9. The molecule has 0 bridgehead atoms. The third-order valence-electron chi connectivity index (χ3n) is 3.17. The highest BCUT2D eigenvalue weighted by molar-refractivity contribution is 9.10. The molecule has 0 aliphatic rings. The van der Waals surface area contributed by atoms with E-state index in [9.17, 15) is 0 Å². The van der Waals surface area contributed by atoms with Gasteiger partial charge in [-0.05, 0) is 55.3 Å². The van der Waals surface area contributed by atoms with Gasteiger partial charge in [0.1, 0.15) is 0 Å². The van der Waals surface area contributed by atoms with Crippen molar-refractivity contribution in [3.8, 4) is 0 Å². The molecule has 0 aliphatic heterocycles. The van der Waals surface area contributed by atoms with Crippen LogP contribution in [0.3, 0.4) is 0 Å². The van der Waals surface area contributed by atoms with Crippen LogP contribution < -0.4 is 5.32 Å². The minimum atomic E-state index is 0.416. The summed E-state index contributed by atoms with van der Waals surface area (Å²) in [4.78, 5) is 0. The van der Waals surface area contributed by atoms with Crippen molar-refractivity contribution in [3.05, 3.63) is 69.2 Å². The van der Waals surface area contributed by atoms with Gasteiger partial charge >= 0.3 is 0 Å². The monoisotopic (exact) mass is 337 g/mol. The molecule has 1 N–H and O–H groups in total. The molecule has 2 rings (SSSR count). The summed E-state index contributed by atoms with van der Waals surface area (Å²) in [7, 11) is 2.01. The second-order valence-electron chi connectivity index (χ2n) is 4.65. The fourth-order valence-electron chi connectivity index (χ4n) is 2.13. The maximum atomic E-state index is 6.02. The lowest BCUT2D eigenvalue weighted by molar-refractivity contribution is 0.556. The number of hydrogen-bond acceptors (Lipinski definition) is 1. The van der Waals surface area contributed by atoms with Crippen LogP contribution >= 0.6 is 27.5 Å². The number of benzene rings is 2. The van der Waals surface area contributed by atoms with Crippen molar-refractivity contribution >= 4 is 27.5 Å². The van der Waals surface area contributed by atoms with Gasteiger partial charge < -0.3 is 5.32 Å². The molecular weight excluding hydrogens is 322 g/mol. The molecule has 0 aromatic heterocycles. The van der Waals surface area contributed by atoms with E-state index in [2.05, 4.69) is 51.6 Å². The topological polar surface area (TPSA) is 12.0 Å². The van der Waals surface area contributed by atoms with Gasteiger partial charge in [0.05, 0.1) is 0 Å². The molecule has 1 nitrogen and oxygen atoms in total. The van der Waals surface area contributed by atoms with Crippen LogP contribution in [0.4, 0.5) is 0 Å². The van der Waals surface area contributed by atoms with Crippen molar-refractivity contribution in [1.82, 2.24) is 5.32 Å². The summed E-state index contributed by atoms with van der Waals surface area (Å²) >= 11 is 9.48. The zero-order chi connectivity index (χ0) is 13.7. The van der Waals surface area contributed by atoms with Crippen molar-refractivity contribution in [2.75, 3.05) is 7.05 Å².